The Bertz CT molecular complexity index is 719. The van der Waals surface area contributed by atoms with Crippen LogP contribution in [0.15, 0.2) is 30.1 Å². The summed E-state index contributed by atoms with van der Waals surface area (Å²) < 4.78 is 1.43. The van der Waals surface area contributed by atoms with Gasteiger partial charge in [-0.05, 0) is 47.0 Å². The molecule has 2 aromatic rings. The summed E-state index contributed by atoms with van der Waals surface area (Å²) in [6.45, 7) is 1.54. The zero-order chi connectivity index (χ0) is 16.2. The maximum Gasteiger partial charge on any atom is 0.244 e. The summed E-state index contributed by atoms with van der Waals surface area (Å²) in [7, 11) is 0. The topological polar surface area (TPSA) is 63.9 Å². The quantitative estimate of drug-likeness (QED) is 0.852. The molecule has 1 saturated heterocycles. The normalized spacial score (nSPS) is 14.9. The van der Waals surface area contributed by atoms with E-state index in [2.05, 4.69) is 21.6 Å². The molecule has 1 amide bonds. The average molecular weight is 352 g/mol. The van der Waals surface area contributed by atoms with Crippen LogP contribution in [-0.4, -0.2) is 44.1 Å². The van der Waals surface area contributed by atoms with Crippen molar-refractivity contribution in [3.8, 4) is 0 Å². The smallest absolute Gasteiger partial charge is 0.244 e. The van der Waals surface area contributed by atoms with E-state index in [9.17, 15) is 4.79 Å². The number of likely N-dealkylation sites (tertiary alicyclic amines) is 1. The number of halogens is 2. The lowest BCUT2D eigenvalue weighted by atomic mass is 10.0. The summed E-state index contributed by atoms with van der Waals surface area (Å²) in [5, 5.41) is 12.1. The van der Waals surface area contributed by atoms with Crippen LogP contribution >= 0.6 is 23.2 Å². The Hall–Kier alpha value is -1.92. The second kappa shape index (κ2) is 7.10. The highest BCUT2D eigenvalue weighted by atomic mass is 35.5. The monoisotopic (exact) mass is 351 g/mol. The summed E-state index contributed by atoms with van der Waals surface area (Å²) in [6.07, 6.45) is 5.15. The number of carbonyl (C=O) groups excluding carboxylic acids is 1. The van der Waals surface area contributed by atoms with E-state index < -0.39 is 0 Å². The minimum Gasteiger partial charge on any atom is -0.340 e. The van der Waals surface area contributed by atoms with Gasteiger partial charge in [-0.15, -0.1) is 5.10 Å². The summed E-state index contributed by atoms with van der Waals surface area (Å²) in [6, 6.07) is 5.42. The molecule has 0 atom stereocenters. The zero-order valence-electron chi connectivity index (χ0n) is 12.3. The Labute approximate surface area is 143 Å². The number of hydrogen-bond acceptors (Lipinski definition) is 4. The van der Waals surface area contributed by atoms with Crippen LogP contribution in [0.2, 0.25) is 10.0 Å². The summed E-state index contributed by atoms with van der Waals surface area (Å²) in [4.78, 5) is 14.0. The van der Waals surface area contributed by atoms with Crippen LogP contribution in [0.25, 0.3) is 6.08 Å². The van der Waals surface area contributed by atoms with Crippen molar-refractivity contribution < 1.29 is 4.79 Å². The lowest BCUT2D eigenvalue weighted by Crippen LogP contribution is -2.38. The van der Waals surface area contributed by atoms with Crippen LogP contribution in [0, 0.1) is 0 Å². The number of piperidine rings is 1. The van der Waals surface area contributed by atoms with Gasteiger partial charge in [-0.25, -0.2) is 4.68 Å². The number of hydrogen-bond donors (Lipinski definition) is 0. The molecular formula is C15H15Cl2N5O. The number of tetrazole rings is 1. The van der Waals surface area contributed by atoms with E-state index in [1.807, 2.05) is 11.0 Å². The van der Waals surface area contributed by atoms with E-state index in [4.69, 9.17) is 23.2 Å². The fraction of sp³-hybridized carbons (Fsp3) is 0.333. The number of rotatable bonds is 3. The third-order valence-corrected chi connectivity index (χ3v) is 4.34. The molecule has 0 unspecified atom stereocenters. The van der Waals surface area contributed by atoms with Crippen LogP contribution in [-0.2, 0) is 11.3 Å². The average Bonchev–Trinajstić information content (AvgIpc) is 3.04. The van der Waals surface area contributed by atoms with E-state index in [0.717, 1.165) is 18.4 Å². The van der Waals surface area contributed by atoms with Crippen molar-refractivity contribution in [3.05, 3.63) is 45.7 Å². The Morgan fingerprint density at radius 1 is 1.26 bits per heavy atom. The molecule has 0 aliphatic carbocycles. The van der Waals surface area contributed by atoms with Crippen molar-refractivity contribution in [2.24, 2.45) is 0 Å². The molecule has 120 valence electrons. The fourth-order valence-corrected chi connectivity index (χ4v) is 2.88. The van der Waals surface area contributed by atoms with Crippen LogP contribution in [0.3, 0.4) is 0 Å². The first-order chi connectivity index (χ1) is 11.1. The van der Waals surface area contributed by atoms with Crippen LogP contribution < -0.4 is 0 Å². The lowest BCUT2D eigenvalue weighted by Gasteiger charge is -2.28. The van der Waals surface area contributed by atoms with Crippen molar-refractivity contribution in [1.29, 1.82) is 0 Å². The highest BCUT2D eigenvalue weighted by molar-refractivity contribution is 6.34. The summed E-state index contributed by atoms with van der Waals surface area (Å²) >= 11 is 12.2. The van der Waals surface area contributed by atoms with Gasteiger partial charge in [0, 0.05) is 23.1 Å². The van der Waals surface area contributed by atoms with Gasteiger partial charge < -0.3 is 4.90 Å². The second-order valence-electron chi connectivity index (χ2n) is 5.36. The molecule has 0 bridgehead atoms. The molecule has 0 saturated carbocycles. The lowest BCUT2D eigenvalue weighted by molar-refractivity contribution is -0.132. The number of nitrogens with zero attached hydrogens (tertiary/aromatic N) is 5. The van der Waals surface area contributed by atoms with E-state index in [1.165, 1.54) is 16.6 Å². The van der Waals surface area contributed by atoms with Gasteiger partial charge in [-0.1, -0.05) is 34.9 Å². The van der Waals surface area contributed by atoms with E-state index in [1.54, 1.807) is 12.1 Å². The molecule has 1 aliphatic heterocycles. The molecule has 1 fully saturated rings. The van der Waals surface area contributed by atoms with Gasteiger partial charge in [0.25, 0.3) is 0 Å². The molecular weight excluding hydrogens is 337 g/mol. The Kier molecular flexibility index (Phi) is 4.93. The number of carbonyl (C=O) groups is 1. The molecule has 23 heavy (non-hydrogen) atoms. The highest BCUT2D eigenvalue weighted by Crippen LogP contribution is 2.26. The van der Waals surface area contributed by atoms with Gasteiger partial charge in [-0.2, -0.15) is 0 Å². The van der Waals surface area contributed by atoms with Crippen LogP contribution in [0.4, 0.5) is 0 Å². The van der Waals surface area contributed by atoms with Crippen molar-refractivity contribution in [1.82, 2.24) is 25.1 Å². The maximum atomic E-state index is 12.2. The second-order valence-corrected chi connectivity index (χ2v) is 6.20. The molecule has 0 spiro atoms. The van der Waals surface area contributed by atoms with Crippen molar-refractivity contribution >= 4 is 35.2 Å². The molecule has 3 rings (SSSR count). The van der Waals surface area contributed by atoms with E-state index in [0.29, 0.717) is 23.1 Å². The number of aromatic nitrogens is 4. The molecule has 1 aromatic heterocycles. The first-order valence-electron chi connectivity index (χ1n) is 7.25. The fourth-order valence-electron chi connectivity index (χ4n) is 2.52. The van der Waals surface area contributed by atoms with E-state index in [-0.39, 0.29) is 12.5 Å². The standard InChI is InChI=1S/C15H15Cl2N5O/c16-13-1-2-14(17)12(8-13)7-11-3-5-21(6-4-11)15(23)9-22-10-18-19-20-22/h1-2,7-8,10H,3-6,9H2. The minimum absolute atomic E-state index is 0.0251. The van der Waals surface area contributed by atoms with Gasteiger partial charge in [0.1, 0.15) is 12.9 Å². The predicted molar refractivity (Wildman–Crippen MR) is 88.1 cm³/mol. The van der Waals surface area contributed by atoms with Crippen molar-refractivity contribution in [2.45, 2.75) is 19.4 Å². The Morgan fingerprint density at radius 3 is 2.74 bits per heavy atom. The largest absolute Gasteiger partial charge is 0.340 e. The summed E-state index contributed by atoms with van der Waals surface area (Å²) in [5.41, 5.74) is 2.18. The predicted octanol–water partition coefficient (Wildman–Crippen LogP) is 2.69. The molecule has 1 aliphatic rings. The zero-order valence-corrected chi connectivity index (χ0v) is 13.8. The highest BCUT2D eigenvalue weighted by Gasteiger charge is 2.19. The van der Waals surface area contributed by atoms with Gasteiger partial charge in [0.15, 0.2) is 0 Å². The summed E-state index contributed by atoms with van der Waals surface area (Å²) in [5.74, 6) is 0.0251. The first kappa shape index (κ1) is 16.0. The first-order valence-corrected chi connectivity index (χ1v) is 8.00. The third kappa shape index (κ3) is 4.09. The molecule has 6 nitrogen and oxygen atoms in total. The molecule has 2 heterocycles. The molecule has 1 aromatic carbocycles. The van der Waals surface area contributed by atoms with E-state index >= 15 is 0 Å². The Balaban J connectivity index is 1.60. The number of amides is 1. The van der Waals surface area contributed by atoms with Crippen LogP contribution in [0.1, 0.15) is 18.4 Å². The van der Waals surface area contributed by atoms with Gasteiger partial charge in [0.2, 0.25) is 5.91 Å². The third-order valence-electron chi connectivity index (χ3n) is 3.76. The maximum absolute atomic E-state index is 12.2. The minimum atomic E-state index is 0.0251. The van der Waals surface area contributed by atoms with Gasteiger partial charge in [0.05, 0.1) is 0 Å². The van der Waals surface area contributed by atoms with Gasteiger partial charge in [-0.3, -0.25) is 4.79 Å². The molecule has 0 N–H and O–H groups in total. The van der Waals surface area contributed by atoms with Gasteiger partial charge >= 0.3 is 0 Å². The molecule has 0 radical (unpaired) electrons. The number of benzene rings is 1. The Morgan fingerprint density at radius 2 is 2.04 bits per heavy atom. The van der Waals surface area contributed by atoms with Crippen molar-refractivity contribution in [3.63, 3.8) is 0 Å². The SMILES string of the molecule is O=C(Cn1cnnn1)N1CCC(=Cc2cc(Cl)ccc2Cl)CC1. The van der Waals surface area contributed by atoms with Crippen LogP contribution in [0.5, 0.6) is 0 Å². The molecule has 8 heteroatoms. The van der Waals surface area contributed by atoms with Crippen molar-refractivity contribution in [2.75, 3.05) is 13.1 Å².